The summed E-state index contributed by atoms with van der Waals surface area (Å²) in [5.41, 5.74) is 0.352. The normalized spacial score (nSPS) is 27.7. The number of rotatable bonds is 8. The number of aliphatic hydroxyl groups is 1. The van der Waals surface area contributed by atoms with Gasteiger partial charge in [0.1, 0.15) is 6.10 Å². The van der Waals surface area contributed by atoms with E-state index in [2.05, 4.69) is 21.2 Å². The molecule has 0 unspecified atom stereocenters. The predicted molar refractivity (Wildman–Crippen MR) is 149 cm³/mol. The average Bonchev–Trinajstić information content (AvgIpc) is 2.97. The van der Waals surface area contributed by atoms with Crippen LogP contribution in [0.2, 0.25) is 0 Å². The molecule has 1 aromatic rings. The maximum absolute atomic E-state index is 13.4. The van der Waals surface area contributed by atoms with E-state index in [1.807, 2.05) is 0 Å². The van der Waals surface area contributed by atoms with Crippen molar-refractivity contribution in [2.75, 3.05) is 32.2 Å². The second kappa shape index (κ2) is 16.4. The molecule has 0 aromatic heterocycles. The van der Waals surface area contributed by atoms with E-state index in [-0.39, 0.29) is 26.1 Å². The summed E-state index contributed by atoms with van der Waals surface area (Å²) in [6.45, 7) is 2.37. The van der Waals surface area contributed by atoms with Crippen molar-refractivity contribution < 1.29 is 62.2 Å². The maximum atomic E-state index is 13.4. The number of methoxy groups -OCH3 is 1. The Morgan fingerprint density at radius 1 is 0.930 bits per heavy atom. The first-order chi connectivity index (χ1) is 20.6. The van der Waals surface area contributed by atoms with Crippen molar-refractivity contribution >= 4 is 51.6 Å². The highest BCUT2D eigenvalue weighted by molar-refractivity contribution is 9.10. The van der Waals surface area contributed by atoms with Crippen LogP contribution in [-0.2, 0) is 52.3 Å². The zero-order valence-corrected chi connectivity index (χ0v) is 25.4. The lowest BCUT2D eigenvalue weighted by Crippen LogP contribution is -2.63. The number of aliphatic hydroxyl groups excluding tert-OH is 1. The molecule has 1 fully saturated rings. The van der Waals surface area contributed by atoms with E-state index in [1.165, 1.54) is 19.3 Å². The highest BCUT2D eigenvalue weighted by Gasteiger charge is 2.54. The first-order valence-electron chi connectivity index (χ1n) is 13.5. The lowest BCUT2D eigenvalue weighted by molar-refractivity contribution is -0.300. The number of carbonyl (C=O) groups is 5. The number of allylic oxidation sites excluding steroid dienone is 2. The minimum Gasteiger partial charge on any atom is -0.465 e. The number of nitrogens with one attached hydrogen (secondary N) is 1. The van der Waals surface area contributed by atoms with Gasteiger partial charge in [0.05, 0.1) is 19.8 Å². The molecule has 1 saturated heterocycles. The molecule has 2 N–H and O–H groups in total. The minimum absolute atomic E-state index is 0.00763. The predicted octanol–water partition coefficient (Wildman–Crippen LogP) is 2.26. The van der Waals surface area contributed by atoms with Crippen LogP contribution in [0.3, 0.4) is 0 Å². The van der Waals surface area contributed by atoms with Crippen molar-refractivity contribution in [3.05, 3.63) is 40.9 Å². The van der Waals surface area contributed by atoms with Crippen molar-refractivity contribution in [3.63, 3.8) is 0 Å². The molecular formula is C28H34BrNO13. The molecule has 1 aromatic carbocycles. The Morgan fingerprint density at radius 3 is 1.95 bits per heavy atom. The lowest BCUT2D eigenvalue weighted by atomic mass is 9.96. The molecule has 2 heterocycles. The Morgan fingerprint density at radius 2 is 1.47 bits per heavy atom. The quantitative estimate of drug-likeness (QED) is 0.178. The highest BCUT2D eigenvalue weighted by Crippen LogP contribution is 2.31. The summed E-state index contributed by atoms with van der Waals surface area (Å²) in [7, 11) is 1.20. The molecule has 43 heavy (non-hydrogen) atoms. The molecule has 0 radical (unpaired) electrons. The molecule has 236 valence electrons. The average molecular weight is 672 g/mol. The molecule has 3 rings (SSSR count). The Kier molecular flexibility index (Phi) is 12.9. The second-order valence-electron chi connectivity index (χ2n) is 9.32. The van der Waals surface area contributed by atoms with Gasteiger partial charge in [-0.15, -0.1) is 0 Å². The second-order valence-corrected chi connectivity index (χ2v) is 10.2. The third-order valence-corrected chi connectivity index (χ3v) is 6.99. The van der Waals surface area contributed by atoms with E-state index < -0.39 is 79.1 Å². The number of carbonyl (C=O) groups excluding carboxylic acids is 5. The van der Waals surface area contributed by atoms with E-state index in [9.17, 15) is 29.1 Å². The number of hydrogen-bond donors (Lipinski definition) is 2. The van der Waals surface area contributed by atoms with Gasteiger partial charge >= 0.3 is 30.0 Å². The van der Waals surface area contributed by atoms with Gasteiger partial charge in [-0.3, -0.25) is 24.5 Å². The zero-order chi connectivity index (χ0) is 31.5. The molecule has 0 bridgehead atoms. The zero-order valence-electron chi connectivity index (χ0n) is 23.8. The Bertz CT molecular complexity index is 1170. The molecule has 14 nitrogen and oxygen atoms in total. The SMILES string of the molecule is CCOC(=O)[C@H]1CC=CC[C@H](C(=O)OCC)C(=O)O[C@H]2[C@@H](OC)O[C@H](CO)[C@@H](OC(=O)Nc3ccc(Br)cc3)[C@@H]2OC1=O. The summed E-state index contributed by atoms with van der Waals surface area (Å²) < 4.78 is 38.8. The summed E-state index contributed by atoms with van der Waals surface area (Å²) in [6, 6.07) is 6.52. The third kappa shape index (κ3) is 8.98. The molecule has 2 aliphatic heterocycles. The van der Waals surface area contributed by atoms with Crippen LogP contribution < -0.4 is 5.32 Å². The van der Waals surface area contributed by atoms with Crippen molar-refractivity contribution in [1.29, 1.82) is 0 Å². The summed E-state index contributed by atoms with van der Waals surface area (Å²) in [6.07, 6.45) is -6.15. The molecule has 0 aliphatic carbocycles. The smallest absolute Gasteiger partial charge is 0.412 e. The largest absolute Gasteiger partial charge is 0.465 e. The lowest BCUT2D eigenvalue weighted by Gasteiger charge is -2.44. The number of ether oxygens (including phenoxy) is 7. The molecule has 1 amide bonds. The highest BCUT2D eigenvalue weighted by atomic mass is 79.9. The van der Waals surface area contributed by atoms with Gasteiger partial charge in [-0.2, -0.15) is 0 Å². The molecule has 0 spiro atoms. The first-order valence-corrected chi connectivity index (χ1v) is 14.3. The number of amides is 1. The van der Waals surface area contributed by atoms with E-state index >= 15 is 0 Å². The van der Waals surface area contributed by atoms with Gasteiger partial charge in [-0.25, -0.2) is 4.79 Å². The number of fused-ring (bicyclic) bond motifs is 1. The van der Waals surface area contributed by atoms with Crippen molar-refractivity contribution in [2.24, 2.45) is 11.8 Å². The molecule has 2 aliphatic rings. The van der Waals surface area contributed by atoms with Crippen LogP contribution in [0.25, 0.3) is 0 Å². The van der Waals surface area contributed by atoms with Crippen LogP contribution in [0.15, 0.2) is 40.9 Å². The van der Waals surface area contributed by atoms with Crippen LogP contribution in [0.5, 0.6) is 0 Å². The summed E-state index contributed by atoms with van der Waals surface area (Å²) >= 11 is 3.30. The van der Waals surface area contributed by atoms with Crippen LogP contribution in [-0.4, -0.2) is 92.7 Å². The topological polar surface area (TPSA) is 182 Å². The fourth-order valence-electron chi connectivity index (χ4n) is 4.38. The first kappa shape index (κ1) is 34.0. The van der Waals surface area contributed by atoms with Gasteiger partial charge in [0.15, 0.2) is 36.4 Å². The van der Waals surface area contributed by atoms with Crippen LogP contribution in [0.4, 0.5) is 10.5 Å². The van der Waals surface area contributed by atoms with Gasteiger partial charge in [0.2, 0.25) is 0 Å². The van der Waals surface area contributed by atoms with E-state index in [0.29, 0.717) is 5.69 Å². The molecule has 15 heteroatoms. The standard InChI is InChI=1S/C28H34BrNO13/c1-4-38-23(32)17-8-6-7-9-18(24(33)39-5-2)26(35)42-22-21(41-25(17)34)20(19(14-31)40-27(22)37-3)43-28(36)30-16-12-10-15(29)11-13-16/h6-7,10-13,17-22,27,31H,4-5,8-9,14H2,1-3H3,(H,30,36)/t17-,18-,19-,20-,21+,22-,27+/m1/s1. The Balaban J connectivity index is 2.03. The van der Waals surface area contributed by atoms with Gasteiger partial charge in [0, 0.05) is 17.3 Å². The number of anilines is 1. The monoisotopic (exact) mass is 671 g/mol. The Labute approximate surface area is 256 Å². The van der Waals surface area contributed by atoms with Gasteiger partial charge < -0.3 is 38.3 Å². The van der Waals surface area contributed by atoms with Crippen molar-refractivity contribution in [3.8, 4) is 0 Å². The number of benzene rings is 1. The van der Waals surface area contributed by atoms with E-state index in [1.54, 1.807) is 38.1 Å². The number of halogens is 1. The van der Waals surface area contributed by atoms with Crippen molar-refractivity contribution in [1.82, 2.24) is 0 Å². The number of hydrogen-bond acceptors (Lipinski definition) is 13. The van der Waals surface area contributed by atoms with Gasteiger partial charge in [0.25, 0.3) is 0 Å². The molecule has 7 atom stereocenters. The van der Waals surface area contributed by atoms with Crippen LogP contribution in [0.1, 0.15) is 26.7 Å². The van der Waals surface area contributed by atoms with E-state index in [4.69, 9.17) is 33.2 Å². The summed E-state index contributed by atoms with van der Waals surface area (Å²) in [5, 5.41) is 12.6. The van der Waals surface area contributed by atoms with Crippen molar-refractivity contribution in [2.45, 2.75) is 57.4 Å². The van der Waals surface area contributed by atoms with Crippen LogP contribution in [0, 0.1) is 11.8 Å². The van der Waals surface area contributed by atoms with E-state index in [0.717, 1.165) is 4.47 Å². The summed E-state index contributed by atoms with van der Waals surface area (Å²) in [4.78, 5) is 65.0. The summed E-state index contributed by atoms with van der Waals surface area (Å²) in [5.74, 6) is -6.77. The minimum atomic E-state index is -1.66. The Hall–Kier alpha value is -3.53. The maximum Gasteiger partial charge on any atom is 0.412 e. The molecule has 0 saturated carbocycles. The third-order valence-electron chi connectivity index (χ3n) is 6.46. The van der Waals surface area contributed by atoms with Gasteiger partial charge in [-0.05, 0) is 51.0 Å². The van der Waals surface area contributed by atoms with Crippen LogP contribution >= 0.6 is 15.9 Å². The fourth-order valence-corrected chi connectivity index (χ4v) is 4.65. The number of esters is 4. The van der Waals surface area contributed by atoms with Gasteiger partial charge in [-0.1, -0.05) is 28.1 Å². The fraction of sp³-hybridized carbons (Fsp3) is 0.536. The molecular weight excluding hydrogens is 638 g/mol.